The maximum atomic E-state index is 11.1. The van der Waals surface area contributed by atoms with Gasteiger partial charge in [0.2, 0.25) is 0 Å². The minimum atomic E-state index is -1.03. The molecular weight excluding hydrogens is 248 g/mol. The highest BCUT2D eigenvalue weighted by molar-refractivity contribution is 5.86. The van der Waals surface area contributed by atoms with Crippen LogP contribution in [0.25, 0.3) is 0 Å². The third-order valence-corrected chi connectivity index (χ3v) is 3.24. The normalized spacial score (nSPS) is 20.9. The van der Waals surface area contributed by atoms with Gasteiger partial charge in [0.1, 0.15) is 0 Å². The molecule has 1 N–H and O–H groups in total. The van der Waals surface area contributed by atoms with Gasteiger partial charge < -0.3 is 14.7 Å². The van der Waals surface area contributed by atoms with Crippen LogP contribution in [0.15, 0.2) is 0 Å². The molecule has 0 aliphatic carbocycles. The highest BCUT2D eigenvalue weighted by Gasteiger charge is 2.25. The third-order valence-electron chi connectivity index (χ3n) is 3.24. The number of hydrogen-bond acceptors (Lipinski definition) is 5. The molecule has 0 spiro atoms. The summed E-state index contributed by atoms with van der Waals surface area (Å²) in [4.78, 5) is 13.3. The summed E-state index contributed by atoms with van der Waals surface area (Å²) in [5, 5.41) is 16.9. The first-order valence-corrected chi connectivity index (χ1v) is 6.46. The fraction of sp³-hybridized carbons (Fsp3) is 0.750. The zero-order chi connectivity index (χ0) is 14.0. The molecule has 1 aliphatic rings. The van der Waals surface area contributed by atoms with Gasteiger partial charge in [0.05, 0.1) is 24.9 Å². The van der Waals surface area contributed by atoms with Crippen LogP contribution in [0.2, 0.25) is 0 Å². The van der Waals surface area contributed by atoms with Gasteiger partial charge in [0, 0.05) is 13.1 Å². The molecule has 0 radical (unpaired) electrons. The Balaban J connectivity index is 2.18. The summed E-state index contributed by atoms with van der Waals surface area (Å²) < 4.78 is 7.34. The second-order valence-electron chi connectivity index (χ2n) is 5.22. The quantitative estimate of drug-likeness (QED) is 0.853. The van der Waals surface area contributed by atoms with E-state index in [0.29, 0.717) is 18.8 Å². The first-order valence-electron chi connectivity index (χ1n) is 6.46. The Labute approximate surface area is 112 Å². The number of likely N-dealkylation sites (N-methyl/N-ethyl adjacent to an activating group) is 1. The van der Waals surface area contributed by atoms with Crippen molar-refractivity contribution in [2.75, 3.05) is 26.7 Å². The third kappa shape index (κ3) is 3.10. The minimum Gasteiger partial charge on any atom is -0.476 e. The summed E-state index contributed by atoms with van der Waals surface area (Å²) in [7, 11) is 2.04. The van der Waals surface area contributed by atoms with Crippen LogP contribution >= 0.6 is 0 Å². The lowest BCUT2D eigenvalue weighted by molar-refractivity contribution is -0.0297. The van der Waals surface area contributed by atoms with Crippen LogP contribution in [0.3, 0.4) is 0 Å². The molecule has 0 bridgehead atoms. The van der Waals surface area contributed by atoms with Crippen LogP contribution in [-0.4, -0.2) is 63.8 Å². The second kappa shape index (κ2) is 5.66. The molecule has 1 aliphatic heterocycles. The molecule has 2 rings (SSSR count). The molecule has 0 amide bonds. The van der Waals surface area contributed by atoms with E-state index in [0.717, 1.165) is 13.1 Å². The maximum Gasteiger partial charge on any atom is 0.358 e. The second-order valence-corrected chi connectivity index (χ2v) is 5.22. The fourth-order valence-electron chi connectivity index (χ4n) is 2.35. The summed E-state index contributed by atoms with van der Waals surface area (Å²) in [6.45, 7) is 6.85. The molecule has 0 saturated carbocycles. The Hall–Kier alpha value is -1.47. The predicted octanol–water partition coefficient (Wildman–Crippen LogP) is 0.430. The van der Waals surface area contributed by atoms with Gasteiger partial charge in [0.15, 0.2) is 5.69 Å². The van der Waals surface area contributed by atoms with E-state index in [2.05, 4.69) is 15.2 Å². The van der Waals surface area contributed by atoms with E-state index in [4.69, 9.17) is 9.84 Å². The number of carboxylic acid groups (broad SMARTS) is 1. The van der Waals surface area contributed by atoms with Crippen LogP contribution in [0.5, 0.6) is 0 Å². The Kier molecular flexibility index (Phi) is 4.16. The van der Waals surface area contributed by atoms with Crippen molar-refractivity contribution in [3.05, 3.63) is 11.4 Å². The Morgan fingerprint density at radius 3 is 2.89 bits per heavy atom. The molecule has 1 aromatic rings. The molecule has 1 unspecified atom stereocenters. The molecule has 19 heavy (non-hydrogen) atoms. The van der Waals surface area contributed by atoms with Crippen molar-refractivity contribution >= 4 is 5.97 Å². The number of aromatic carboxylic acids is 1. The van der Waals surface area contributed by atoms with Crippen molar-refractivity contribution in [3.8, 4) is 0 Å². The number of morpholine rings is 1. The molecule has 2 heterocycles. The van der Waals surface area contributed by atoms with Gasteiger partial charge in [-0.25, -0.2) is 9.48 Å². The van der Waals surface area contributed by atoms with E-state index in [1.54, 1.807) is 4.68 Å². The van der Waals surface area contributed by atoms with Crippen LogP contribution in [-0.2, 0) is 11.3 Å². The molecule has 0 aromatic carbocycles. The monoisotopic (exact) mass is 268 g/mol. The number of carboxylic acids is 1. The lowest BCUT2D eigenvalue weighted by Gasteiger charge is -2.30. The van der Waals surface area contributed by atoms with Gasteiger partial charge in [-0.1, -0.05) is 19.1 Å². The molecule has 7 heteroatoms. The maximum absolute atomic E-state index is 11.1. The summed E-state index contributed by atoms with van der Waals surface area (Å²) in [5.41, 5.74) is 0.698. The van der Waals surface area contributed by atoms with Crippen molar-refractivity contribution in [2.45, 2.75) is 32.4 Å². The lowest BCUT2D eigenvalue weighted by atomic mass is 10.1. The number of carbonyl (C=O) groups is 1. The van der Waals surface area contributed by atoms with Crippen LogP contribution in [0.4, 0.5) is 0 Å². The number of nitrogens with zero attached hydrogens (tertiary/aromatic N) is 4. The molecule has 1 fully saturated rings. The molecule has 1 aromatic heterocycles. The Morgan fingerprint density at radius 1 is 1.58 bits per heavy atom. The average molecular weight is 268 g/mol. The molecular formula is C12H20N4O3. The number of ether oxygens (including phenoxy) is 1. The van der Waals surface area contributed by atoms with Gasteiger partial charge in [-0.3, -0.25) is 0 Å². The highest BCUT2D eigenvalue weighted by Crippen LogP contribution is 2.19. The van der Waals surface area contributed by atoms with Crippen molar-refractivity contribution in [3.63, 3.8) is 0 Å². The largest absolute Gasteiger partial charge is 0.476 e. The van der Waals surface area contributed by atoms with Crippen molar-refractivity contribution < 1.29 is 14.6 Å². The SMILES string of the molecule is CC(C)c1c(C(=O)O)nnn1CC1CN(C)CCO1. The summed E-state index contributed by atoms with van der Waals surface area (Å²) in [6.07, 6.45) is 0.0274. The van der Waals surface area contributed by atoms with E-state index in [9.17, 15) is 4.79 Å². The lowest BCUT2D eigenvalue weighted by Crippen LogP contribution is -2.42. The van der Waals surface area contributed by atoms with E-state index >= 15 is 0 Å². The van der Waals surface area contributed by atoms with E-state index in [-0.39, 0.29) is 17.7 Å². The van der Waals surface area contributed by atoms with E-state index in [1.165, 1.54) is 0 Å². The van der Waals surface area contributed by atoms with Crippen molar-refractivity contribution in [1.82, 2.24) is 19.9 Å². The van der Waals surface area contributed by atoms with Gasteiger partial charge >= 0.3 is 5.97 Å². The zero-order valence-electron chi connectivity index (χ0n) is 11.5. The van der Waals surface area contributed by atoms with Gasteiger partial charge in [-0.05, 0) is 13.0 Å². The summed E-state index contributed by atoms with van der Waals surface area (Å²) in [6, 6.07) is 0. The van der Waals surface area contributed by atoms with Crippen LogP contribution in [0.1, 0.15) is 35.9 Å². The van der Waals surface area contributed by atoms with Crippen molar-refractivity contribution in [1.29, 1.82) is 0 Å². The van der Waals surface area contributed by atoms with Crippen LogP contribution < -0.4 is 0 Å². The van der Waals surface area contributed by atoms with Crippen LogP contribution in [0, 0.1) is 0 Å². The fourth-order valence-corrected chi connectivity index (χ4v) is 2.35. The van der Waals surface area contributed by atoms with Gasteiger partial charge in [0.25, 0.3) is 0 Å². The Bertz CT molecular complexity index is 458. The number of aromatic nitrogens is 3. The summed E-state index contributed by atoms with van der Waals surface area (Å²) >= 11 is 0. The molecule has 1 atom stereocenters. The summed E-state index contributed by atoms with van der Waals surface area (Å²) in [5.74, 6) is -0.973. The van der Waals surface area contributed by atoms with E-state index < -0.39 is 5.97 Å². The number of hydrogen-bond donors (Lipinski definition) is 1. The van der Waals surface area contributed by atoms with Crippen molar-refractivity contribution in [2.24, 2.45) is 0 Å². The van der Waals surface area contributed by atoms with E-state index in [1.807, 2.05) is 20.9 Å². The van der Waals surface area contributed by atoms with Gasteiger partial charge in [-0.15, -0.1) is 5.10 Å². The smallest absolute Gasteiger partial charge is 0.358 e. The molecule has 7 nitrogen and oxygen atoms in total. The Morgan fingerprint density at radius 2 is 2.32 bits per heavy atom. The van der Waals surface area contributed by atoms with Gasteiger partial charge in [-0.2, -0.15) is 0 Å². The zero-order valence-corrected chi connectivity index (χ0v) is 11.5. The first-order chi connectivity index (χ1) is 8.99. The highest BCUT2D eigenvalue weighted by atomic mass is 16.5. The molecule has 106 valence electrons. The molecule has 1 saturated heterocycles. The first kappa shape index (κ1) is 14.0. The topological polar surface area (TPSA) is 80.5 Å². The average Bonchev–Trinajstić information content (AvgIpc) is 2.73. The minimum absolute atomic E-state index is 0.0274. The number of rotatable bonds is 4. The predicted molar refractivity (Wildman–Crippen MR) is 68.3 cm³/mol. The standard InChI is InChI=1S/C12H20N4O3/c1-8(2)11-10(12(17)18)13-14-16(11)7-9-6-15(3)4-5-19-9/h8-9H,4-7H2,1-3H3,(H,17,18).